The fourth-order valence-electron chi connectivity index (χ4n) is 2.19. The second-order valence-corrected chi connectivity index (χ2v) is 6.62. The molecule has 0 radical (unpaired) electrons. The van der Waals surface area contributed by atoms with Crippen molar-refractivity contribution in [2.45, 2.75) is 77.9 Å². The van der Waals surface area contributed by atoms with Crippen molar-refractivity contribution in [2.24, 2.45) is 5.41 Å². The van der Waals surface area contributed by atoms with Crippen LogP contribution in [0.25, 0.3) is 0 Å². The third-order valence-corrected chi connectivity index (χ3v) is 3.95. The zero-order chi connectivity index (χ0) is 13.1. The van der Waals surface area contributed by atoms with E-state index in [0.717, 1.165) is 25.7 Å². The summed E-state index contributed by atoms with van der Waals surface area (Å²) >= 11 is 0. The topological polar surface area (TPSA) is 49.3 Å². The normalized spacial score (nSPS) is 21.9. The lowest BCUT2D eigenvalue weighted by molar-refractivity contribution is -0.128. The zero-order valence-electron chi connectivity index (χ0n) is 11.7. The van der Waals surface area contributed by atoms with Gasteiger partial charge in [-0.1, -0.05) is 40.0 Å². The molecule has 1 atom stereocenters. The standard InChI is InChI=1S/C14H27NO2/c1-11(13(2,3)4)15-12(16)10-14(17)8-6-5-7-9-14/h11,17H,5-10H2,1-4H3,(H,15,16). The Labute approximate surface area is 105 Å². The molecule has 1 amide bonds. The molecular weight excluding hydrogens is 214 g/mol. The first-order valence-electron chi connectivity index (χ1n) is 6.75. The number of rotatable bonds is 3. The molecule has 0 aromatic carbocycles. The van der Waals surface area contributed by atoms with E-state index in [1.807, 2.05) is 6.92 Å². The quantitative estimate of drug-likeness (QED) is 0.798. The van der Waals surface area contributed by atoms with Gasteiger partial charge in [-0.15, -0.1) is 0 Å². The predicted octanol–water partition coefficient (Wildman–Crippen LogP) is 2.62. The lowest BCUT2D eigenvalue weighted by Gasteiger charge is -2.33. The molecule has 0 aromatic heterocycles. The molecule has 1 rings (SSSR count). The van der Waals surface area contributed by atoms with Crippen LogP contribution in [0.15, 0.2) is 0 Å². The maximum atomic E-state index is 11.9. The first-order valence-corrected chi connectivity index (χ1v) is 6.75. The first-order chi connectivity index (χ1) is 7.73. The molecule has 3 heteroatoms. The van der Waals surface area contributed by atoms with Crippen LogP contribution in [0.4, 0.5) is 0 Å². The summed E-state index contributed by atoms with van der Waals surface area (Å²) in [5.41, 5.74) is -0.690. The molecule has 100 valence electrons. The highest BCUT2D eigenvalue weighted by molar-refractivity contribution is 5.77. The molecule has 3 nitrogen and oxygen atoms in total. The molecule has 1 aliphatic carbocycles. The fourth-order valence-corrected chi connectivity index (χ4v) is 2.19. The first kappa shape index (κ1) is 14.5. The fraction of sp³-hybridized carbons (Fsp3) is 0.929. The minimum atomic E-state index is -0.750. The van der Waals surface area contributed by atoms with E-state index in [-0.39, 0.29) is 23.8 Å². The lowest BCUT2D eigenvalue weighted by atomic mass is 9.82. The second kappa shape index (κ2) is 5.38. The van der Waals surface area contributed by atoms with Gasteiger partial charge in [0.2, 0.25) is 5.91 Å². The third kappa shape index (κ3) is 4.66. The van der Waals surface area contributed by atoms with E-state index in [4.69, 9.17) is 0 Å². The van der Waals surface area contributed by atoms with E-state index in [1.165, 1.54) is 6.42 Å². The van der Waals surface area contributed by atoms with Gasteiger partial charge in [0.05, 0.1) is 12.0 Å². The van der Waals surface area contributed by atoms with Crippen LogP contribution >= 0.6 is 0 Å². The molecule has 1 aliphatic rings. The van der Waals surface area contributed by atoms with Crippen molar-refractivity contribution in [1.29, 1.82) is 0 Å². The molecule has 0 heterocycles. The number of nitrogens with one attached hydrogen (secondary N) is 1. The van der Waals surface area contributed by atoms with Crippen LogP contribution < -0.4 is 5.32 Å². The Kier molecular flexibility index (Phi) is 4.59. The summed E-state index contributed by atoms with van der Waals surface area (Å²) in [6.45, 7) is 8.33. The SMILES string of the molecule is CC(NC(=O)CC1(O)CCCCC1)C(C)(C)C. The Balaban J connectivity index is 2.43. The summed E-state index contributed by atoms with van der Waals surface area (Å²) in [7, 11) is 0. The highest BCUT2D eigenvalue weighted by Crippen LogP contribution is 2.31. The van der Waals surface area contributed by atoms with Crippen molar-refractivity contribution in [3.8, 4) is 0 Å². The average Bonchev–Trinajstić information content (AvgIpc) is 2.15. The van der Waals surface area contributed by atoms with Crippen LogP contribution in [-0.2, 0) is 4.79 Å². The zero-order valence-corrected chi connectivity index (χ0v) is 11.7. The Hall–Kier alpha value is -0.570. The number of carbonyl (C=O) groups is 1. The van der Waals surface area contributed by atoms with Gasteiger partial charge in [-0.25, -0.2) is 0 Å². The van der Waals surface area contributed by atoms with Crippen molar-refractivity contribution in [3.05, 3.63) is 0 Å². The maximum Gasteiger partial charge on any atom is 0.223 e. The van der Waals surface area contributed by atoms with Gasteiger partial charge in [-0.3, -0.25) is 4.79 Å². The minimum Gasteiger partial charge on any atom is -0.389 e. The highest BCUT2D eigenvalue weighted by atomic mass is 16.3. The van der Waals surface area contributed by atoms with E-state index in [1.54, 1.807) is 0 Å². The van der Waals surface area contributed by atoms with Crippen LogP contribution in [0.3, 0.4) is 0 Å². The van der Waals surface area contributed by atoms with Crippen molar-refractivity contribution in [3.63, 3.8) is 0 Å². The Bertz CT molecular complexity index is 262. The minimum absolute atomic E-state index is 0.0168. The molecular formula is C14H27NO2. The number of aliphatic hydroxyl groups is 1. The summed E-state index contributed by atoms with van der Waals surface area (Å²) in [6.07, 6.45) is 5.06. The van der Waals surface area contributed by atoms with Gasteiger partial charge < -0.3 is 10.4 Å². The van der Waals surface area contributed by atoms with Crippen molar-refractivity contribution < 1.29 is 9.90 Å². The number of hydrogen-bond donors (Lipinski definition) is 2. The summed E-state index contributed by atoms with van der Waals surface area (Å²) in [5, 5.41) is 13.3. The van der Waals surface area contributed by atoms with Crippen LogP contribution in [0.1, 0.15) is 66.2 Å². The molecule has 0 spiro atoms. The molecule has 0 aliphatic heterocycles. The van der Waals surface area contributed by atoms with E-state index in [2.05, 4.69) is 26.1 Å². The molecule has 0 saturated heterocycles. The van der Waals surface area contributed by atoms with Crippen molar-refractivity contribution in [2.75, 3.05) is 0 Å². The number of hydrogen-bond acceptors (Lipinski definition) is 2. The largest absolute Gasteiger partial charge is 0.389 e. The molecule has 2 N–H and O–H groups in total. The van der Waals surface area contributed by atoms with E-state index >= 15 is 0 Å². The van der Waals surface area contributed by atoms with Crippen LogP contribution in [0, 0.1) is 5.41 Å². The van der Waals surface area contributed by atoms with Crippen LogP contribution in [-0.4, -0.2) is 22.7 Å². The van der Waals surface area contributed by atoms with Gasteiger partial charge in [-0.2, -0.15) is 0 Å². The molecule has 0 bridgehead atoms. The Morgan fingerprint density at radius 3 is 2.29 bits per heavy atom. The summed E-state index contributed by atoms with van der Waals surface area (Å²) in [4.78, 5) is 11.9. The molecule has 17 heavy (non-hydrogen) atoms. The van der Waals surface area contributed by atoms with E-state index in [0.29, 0.717) is 0 Å². The molecule has 0 aromatic rings. The van der Waals surface area contributed by atoms with Gasteiger partial charge in [0.25, 0.3) is 0 Å². The Morgan fingerprint density at radius 2 is 1.82 bits per heavy atom. The van der Waals surface area contributed by atoms with Gasteiger partial charge in [0.15, 0.2) is 0 Å². The van der Waals surface area contributed by atoms with Gasteiger partial charge >= 0.3 is 0 Å². The predicted molar refractivity (Wildman–Crippen MR) is 69.7 cm³/mol. The van der Waals surface area contributed by atoms with Crippen molar-refractivity contribution >= 4 is 5.91 Å². The maximum absolute atomic E-state index is 11.9. The monoisotopic (exact) mass is 241 g/mol. The van der Waals surface area contributed by atoms with E-state index in [9.17, 15) is 9.90 Å². The third-order valence-electron chi connectivity index (χ3n) is 3.95. The van der Waals surface area contributed by atoms with Gasteiger partial charge in [0, 0.05) is 6.04 Å². The Morgan fingerprint density at radius 1 is 1.29 bits per heavy atom. The molecule has 1 unspecified atom stereocenters. The smallest absolute Gasteiger partial charge is 0.223 e. The summed E-state index contributed by atoms with van der Waals surface area (Å²) in [5.74, 6) is -0.0168. The molecule has 1 fully saturated rings. The van der Waals surface area contributed by atoms with Gasteiger partial charge in [-0.05, 0) is 25.2 Å². The number of amides is 1. The van der Waals surface area contributed by atoms with Crippen LogP contribution in [0.2, 0.25) is 0 Å². The average molecular weight is 241 g/mol. The second-order valence-electron chi connectivity index (χ2n) is 6.62. The van der Waals surface area contributed by atoms with Gasteiger partial charge in [0.1, 0.15) is 0 Å². The lowest BCUT2D eigenvalue weighted by Crippen LogP contribution is -2.45. The van der Waals surface area contributed by atoms with Crippen molar-refractivity contribution in [1.82, 2.24) is 5.32 Å². The molecule has 1 saturated carbocycles. The summed E-state index contributed by atoms with van der Waals surface area (Å²) in [6, 6.07) is 0.127. The van der Waals surface area contributed by atoms with Crippen LogP contribution in [0.5, 0.6) is 0 Å². The van der Waals surface area contributed by atoms with E-state index < -0.39 is 5.60 Å². The number of carbonyl (C=O) groups excluding carboxylic acids is 1. The summed E-state index contributed by atoms with van der Waals surface area (Å²) < 4.78 is 0. The highest BCUT2D eigenvalue weighted by Gasteiger charge is 2.32.